The summed E-state index contributed by atoms with van der Waals surface area (Å²) < 4.78 is 44.1. The van der Waals surface area contributed by atoms with Crippen LogP contribution in [0.3, 0.4) is 0 Å². The van der Waals surface area contributed by atoms with Gasteiger partial charge >= 0.3 is 161 Å². The maximum absolute atomic E-state index is 7.50. The van der Waals surface area contributed by atoms with Crippen LogP contribution in [0.5, 0.6) is 0 Å². The van der Waals surface area contributed by atoms with Crippen molar-refractivity contribution in [3.05, 3.63) is 69.1 Å². The van der Waals surface area contributed by atoms with Gasteiger partial charge in [-0.2, -0.15) is 0 Å². The molecule has 1 aromatic carbocycles. The first-order valence-electron chi connectivity index (χ1n) is 6.59. The predicted octanol–water partition coefficient (Wildman–Crippen LogP) is 2.34. The second-order valence-corrected chi connectivity index (χ2v) is 4.49. The zero-order chi connectivity index (χ0) is 21.2. The van der Waals surface area contributed by atoms with Crippen LogP contribution in [-0.2, 0) is 43.8 Å². The van der Waals surface area contributed by atoms with E-state index in [1.165, 1.54) is 12.8 Å². The van der Waals surface area contributed by atoms with Gasteiger partial charge in [-0.15, -0.1) is 0 Å². The molecule has 0 atom stereocenters. The molecule has 0 heterocycles. The molecule has 1 aliphatic carbocycles. The van der Waals surface area contributed by atoms with Gasteiger partial charge in [0.25, 0.3) is 0 Å². The minimum atomic E-state index is 0.682. The van der Waals surface area contributed by atoms with Gasteiger partial charge < -0.3 is 0 Å². The molecular formula is C19H14CrO6. The average molecular weight is 390 g/mol. The molecule has 0 bridgehead atoms. The monoisotopic (exact) mass is 390 g/mol. The van der Waals surface area contributed by atoms with Crippen LogP contribution in [0.2, 0.25) is 0 Å². The van der Waals surface area contributed by atoms with E-state index in [2.05, 4.69) is 60.9 Å². The first-order valence-corrected chi connectivity index (χ1v) is 7.22. The first-order chi connectivity index (χ1) is 12.9. The Labute approximate surface area is 161 Å². The Bertz CT molecular complexity index is 578. The van der Waals surface area contributed by atoms with Crippen molar-refractivity contribution in [3.63, 3.8) is 0 Å². The third kappa shape index (κ3) is 21.8. The Kier molecular flexibility index (Phi) is 37.3. The van der Waals surface area contributed by atoms with Crippen molar-refractivity contribution in [2.75, 3.05) is 6.61 Å². The summed E-state index contributed by atoms with van der Waals surface area (Å²) in [6.07, 6.45) is 3.34. The van der Waals surface area contributed by atoms with Crippen LogP contribution in [-0.4, -0.2) is 11.2 Å². The van der Waals surface area contributed by atoms with Gasteiger partial charge in [-0.05, 0) is 0 Å². The van der Waals surface area contributed by atoms with Crippen molar-refractivity contribution in [1.29, 1.82) is 0 Å². The van der Waals surface area contributed by atoms with E-state index in [1.807, 2.05) is 30.3 Å². The van der Waals surface area contributed by atoms with Gasteiger partial charge in [0.05, 0.1) is 0 Å². The van der Waals surface area contributed by atoms with Crippen LogP contribution in [0, 0.1) is 51.0 Å². The van der Waals surface area contributed by atoms with Crippen molar-refractivity contribution >= 4 is 4.57 Å². The molecular weight excluding hydrogens is 376 g/mol. The molecule has 26 heavy (non-hydrogen) atoms. The molecule has 7 heteroatoms. The number of ether oxygens (including phenoxy) is 1. The molecule has 0 radical (unpaired) electrons. The quantitative estimate of drug-likeness (QED) is 0.334. The van der Waals surface area contributed by atoms with Crippen molar-refractivity contribution in [1.82, 2.24) is 0 Å². The summed E-state index contributed by atoms with van der Waals surface area (Å²) in [4.78, 5) is 0. The van der Waals surface area contributed by atoms with E-state index in [-0.39, 0.29) is 0 Å². The molecule has 6 nitrogen and oxygen atoms in total. The normalized spacial score (nSPS) is 9.00. The van der Waals surface area contributed by atoms with Gasteiger partial charge in [0.1, 0.15) is 0 Å². The molecule has 0 amide bonds. The van der Waals surface area contributed by atoms with Gasteiger partial charge in [0, 0.05) is 0 Å². The fourth-order valence-electron chi connectivity index (χ4n) is 1.33. The van der Waals surface area contributed by atoms with Gasteiger partial charge in [-0.3, -0.25) is 0 Å². The Hall–Kier alpha value is -2.16. The average Bonchev–Trinajstić information content (AvgIpc) is 3.61. The second kappa shape index (κ2) is 30.7. The first kappa shape index (κ1) is 31.6. The summed E-state index contributed by atoms with van der Waals surface area (Å²) in [5.41, 5.74) is 1.07. The number of hydrogen-bond donors (Lipinski definition) is 0. The molecule has 0 aliphatic heterocycles. The summed E-state index contributed by atoms with van der Waals surface area (Å²) in [5, 5.41) is 0. The van der Waals surface area contributed by atoms with Gasteiger partial charge in [-0.1, -0.05) is 0 Å². The topological polar surface area (TPSA) is 109 Å². The van der Waals surface area contributed by atoms with Crippen LogP contribution >= 0.6 is 0 Å². The molecule has 0 saturated heterocycles. The molecule has 1 aromatic rings. The number of hydrogen-bond acceptors (Lipinski definition) is 1. The van der Waals surface area contributed by atoms with Crippen LogP contribution in [0.25, 0.3) is 0 Å². The third-order valence-corrected chi connectivity index (χ3v) is 3.09. The predicted molar refractivity (Wildman–Crippen MR) is 81.3 cm³/mol. The van der Waals surface area contributed by atoms with E-state index in [1.54, 1.807) is 0 Å². The molecule has 0 unspecified atom stereocenters. The minimum absolute atomic E-state index is 0.682. The van der Waals surface area contributed by atoms with E-state index in [0.29, 0.717) is 12.5 Å². The Morgan fingerprint density at radius 2 is 1.38 bits per heavy atom. The van der Waals surface area contributed by atoms with Crippen LogP contribution in [0.1, 0.15) is 24.8 Å². The molecule has 2 rings (SSSR count). The van der Waals surface area contributed by atoms with E-state index < -0.39 is 0 Å². The molecule has 0 N–H and O–H groups in total. The fourth-order valence-corrected chi connectivity index (χ4v) is 1.82. The number of benzene rings is 1. The standard InChI is InChI=1S/C14H14O.5CO.Cr/c1-2-6-13(7-3-1)8-4-5-11-15-12-14-9-10-14;5*1-2;/h1-3,6-7,14H,5,9-11H2;;;;;;. The Morgan fingerprint density at radius 3 is 1.81 bits per heavy atom. The molecule has 1 saturated carbocycles. The van der Waals surface area contributed by atoms with E-state index in [0.717, 1.165) is 16.6 Å². The molecule has 0 spiro atoms. The van der Waals surface area contributed by atoms with Crippen LogP contribution in [0.4, 0.5) is 0 Å². The fraction of sp³-hybridized carbons (Fsp3) is 0.263. The SMILES string of the molecule is [C-]#[O+].[C-]#[O+].[C-]#[O+].[C-]#[O+].[C-]#[O+].[Cr]=[C](OCCC#Cc1ccccc1)C1CC1. The van der Waals surface area contributed by atoms with E-state index >= 15 is 0 Å². The van der Waals surface area contributed by atoms with Crippen LogP contribution in [0.15, 0.2) is 30.3 Å². The summed E-state index contributed by atoms with van der Waals surface area (Å²) in [6, 6.07) is 10.0. The Balaban J connectivity index is -0.000000210. The van der Waals surface area contributed by atoms with Gasteiger partial charge in [0.2, 0.25) is 0 Å². The van der Waals surface area contributed by atoms with Crippen molar-refractivity contribution in [3.8, 4) is 11.8 Å². The maximum atomic E-state index is 7.50. The van der Waals surface area contributed by atoms with Gasteiger partial charge in [0.15, 0.2) is 0 Å². The van der Waals surface area contributed by atoms with Crippen molar-refractivity contribution < 1.29 is 43.8 Å². The zero-order valence-electron chi connectivity index (χ0n) is 13.7. The summed E-state index contributed by atoms with van der Waals surface area (Å²) in [5.74, 6) is 6.91. The number of rotatable bonds is 4. The Morgan fingerprint density at radius 1 is 0.923 bits per heavy atom. The second-order valence-electron chi connectivity index (χ2n) is 3.86. The van der Waals surface area contributed by atoms with E-state index in [9.17, 15) is 0 Å². The van der Waals surface area contributed by atoms with Crippen molar-refractivity contribution in [2.45, 2.75) is 19.3 Å². The molecule has 1 fully saturated rings. The molecule has 132 valence electrons. The summed E-state index contributed by atoms with van der Waals surface area (Å²) in [6.45, 7) is 23.2. The van der Waals surface area contributed by atoms with Gasteiger partial charge in [-0.25, -0.2) is 0 Å². The summed E-state index contributed by atoms with van der Waals surface area (Å²) >= 11 is 2.99. The molecule has 0 aromatic heterocycles. The van der Waals surface area contributed by atoms with Crippen molar-refractivity contribution in [2.24, 2.45) is 5.92 Å². The van der Waals surface area contributed by atoms with E-state index in [4.69, 9.17) is 28.0 Å². The zero-order valence-corrected chi connectivity index (χ0v) is 14.9. The summed E-state index contributed by atoms with van der Waals surface area (Å²) in [7, 11) is 0. The molecule has 1 aliphatic rings. The third-order valence-electron chi connectivity index (χ3n) is 2.39. The van der Waals surface area contributed by atoms with Crippen LogP contribution < -0.4 is 0 Å².